The Bertz CT molecular complexity index is 532. The van der Waals surface area contributed by atoms with E-state index in [0.29, 0.717) is 24.6 Å². The molecule has 1 aromatic rings. The smallest absolute Gasteiger partial charge is 0.241 e. The Morgan fingerprint density at radius 1 is 1.17 bits per heavy atom. The second kappa shape index (κ2) is 10.3. The molecule has 0 atom stereocenters. The highest BCUT2D eigenvalue weighted by Crippen LogP contribution is 2.27. The molecule has 1 amide bonds. The van der Waals surface area contributed by atoms with Crippen LogP contribution in [0.5, 0.6) is 11.5 Å². The van der Waals surface area contributed by atoms with Crippen molar-refractivity contribution >= 4 is 11.9 Å². The van der Waals surface area contributed by atoms with Crippen LogP contribution in [0.3, 0.4) is 0 Å². The number of methoxy groups -OCH3 is 2. The van der Waals surface area contributed by atoms with Gasteiger partial charge in [-0.25, -0.2) is 4.99 Å². The maximum absolute atomic E-state index is 11.4. The number of carbonyl (C=O) groups excluding carboxylic acids is 1. The molecular formula is C16H26N4O3. The van der Waals surface area contributed by atoms with Crippen molar-refractivity contribution in [2.75, 3.05) is 33.9 Å². The van der Waals surface area contributed by atoms with Crippen LogP contribution in [0, 0.1) is 0 Å². The van der Waals surface area contributed by atoms with Crippen molar-refractivity contribution in [3.63, 3.8) is 0 Å². The average Bonchev–Trinajstić information content (AvgIpc) is 2.57. The molecule has 1 aromatic carbocycles. The SMILES string of the molecule is CCCNC(=O)CN=C(N)NCCc1ccc(OC)c(OC)c1. The number of benzene rings is 1. The first kappa shape index (κ1) is 18.6. The molecule has 0 radical (unpaired) electrons. The van der Waals surface area contributed by atoms with Gasteiger partial charge in [-0.3, -0.25) is 4.79 Å². The number of hydrogen-bond acceptors (Lipinski definition) is 4. The van der Waals surface area contributed by atoms with Gasteiger partial charge in [0.25, 0.3) is 0 Å². The molecular weight excluding hydrogens is 296 g/mol. The molecule has 23 heavy (non-hydrogen) atoms. The summed E-state index contributed by atoms with van der Waals surface area (Å²) >= 11 is 0. The number of ether oxygens (including phenoxy) is 2. The summed E-state index contributed by atoms with van der Waals surface area (Å²) in [5.74, 6) is 1.52. The van der Waals surface area contributed by atoms with Crippen molar-refractivity contribution in [2.45, 2.75) is 19.8 Å². The van der Waals surface area contributed by atoms with E-state index in [1.165, 1.54) is 0 Å². The third kappa shape index (κ3) is 6.90. The fraction of sp³-hybridized carbons (Fsp3) is 0.500. The Hall–Kier alpha value is -2.44. The van der Waals surface area contributed by atoms with Gasteiger partial charge >= 0.3 is 0 Å². The number of nitrogens with one attached hydrogen (secondary N) is 2. The average molecular weight is 322 g/mol. The highest BCUT2D eigenvalue weighted by molar-refractivity contribution is 5.83. The van der Waals surface area contributed by atoms with E-state index in [2.05, 4.69) is 15.6 Å². The van der Waals surface area contributed by atoms with Crippen LogP contribution < -0.4 is 25.8 Å². The lowest BCUT2D eigenvalue weighted by atomic mass is 10.1. The van der Waals surface area contributed by atoms with Crippen molar-refractivity contribution in [2.24, 2.45) is 10.7 Å². The second-order valence-electron chi connectivity index (χ2n) is 4.92. The first-order valence-corrected chi connectivity index (χ1v) is 7.62. The topological polar surface area (TPSA) is 98.0 Å². The number of rotatable bonds is 9. The second-order valence-corrected chi connectivity index (χ2v) is 4.92. The summed E-state index contributed by atoms with van der Waals surface area (Å²) < 4.78 is 10.5. The summed E-state index contributed by atoms with van der Waals surface area (Å²) in [6, 6.07) is 5.75. The number of carbonyl (C=O) groups is 1. The standard InChI is InChI=1S/C16H26N4O3/c1-4-8-18-15(21)11-20-16(17)19-9-7-12-5-6-13(22-2)14(10-12)23-3/h5-6,10H,4,7-9,11H2,1-3H3,(H,18,21)(H3,17,19,20). The van der Waals surface area contributed by atoms with Crippen molar-refractivity contribution in [3.8, 4) is 11.5 Å². The van der Waals surface area contributed by atoms with Gasteiger partial charge < -0.3 is 25.8 Å². The van der Waals surface area contributed by atoms with Gasteiger partial charge in [0.15, 0.2) is 17.5 Å². The van der Waals surface area contributed by atoms with Gasteiger partial charge in [-0.1, -0.05) is 13.0 Å². The quantitative estimate of drug-likeness (QED) is 0.459. The highest BCUT2D eigenvalue weighted by Gasteiger charge is 2.04. The first-order valence-electron chi connectivity index (χ1n) is 7.62. The summed E-state index contributed by atoms with van der Waals surface area (Å²) in [5, 5.41) is 5.72. The monoisotopic (exact) mass is 322 g/mol. The third-order valence-electron chi connectivity index (χ3n) is 3.13. The van der Waals surface area contributed by atoms with Crippen LogP contribution in [-0.4, -0.2) is 45.7 Å². The Morgan fingerprint density at radius 3 is 2.57 bits per heavy atom. The molecule has 0 fully saturated rings. The van der Waals surface area contributed by atoms with Crippen LogP contribution in [0.1, 0.15) is 18.9 Å². The molecule has 0 spiro atoms. The molecule has 0 aromatic heterocycles. The minimum Gasteiger partial charge on any atom is -0.493 e. The van der Waals surface area contributed by atoms with Gasteiger partial charge in [-0.15, -0.1) is 0 Å². The maximum Gasteiger partial charge on any atom is 0.241 e. The molecule has 7 heteroatoms. The van der Waals surface area contributed by atoms with Gasteiger partial charge in [0.05, 0.1) is 14.2 Å². The van der Waals surface area contributed by atoms with Crippen molar-refractivity contribution in [1.82, 2.24) is 10.6 Å². The van der Waals surface area contributed by atoms with Crippen molar-refractivity contribution in [3.05, 3.63) is 23.8 Å². The van der Waals surface area contributed by atoms with Crippen molar-refractivity contribution < 1.29 is 14.3 Å². The third-order valence-corrected chi connectivity index (χ3v) is 3.13. The normalized spacial score (nSPS) is 11.0. The Morgan fingerprint density at radius 2 is 1.91 bits per heavy atom. The van der Waals surface area contributed by atoms with E-state index in [0.717, 1.165) is 18.4 Å². The number of aliphatic imine (C=N–C) groups is 1. The minimum atomic E-state index is -0.128. The summed E-state index contributed by atoms with van der Waals surface area (Å²) in [5.41, 5.74) is 6.82. The van der Waals surface area contributed by atoms with Crippen LogP contribution in [0.15, 0.2) is 23.2 Å². The summed E-state index contributed by atoms with van der Waals surface area (Å²) in [6.45, 7) is 3.30. The predicted molar refractivity (Wildman–Crippen MR) is 91.0 cm³/mol. The van der Waals surface area contributed by atoms with Crippen LogP contribution in [0.2, 0.25) is 0 Å². The largest absolute Gasteiger partial charge is 0.493 e. The fourth-order valence-electron chi connectivity index (χ4n) is 1.90. The molecule has 4 N–H and O–H groups in total. The lowest BCUT2D eigenvalue weighted by molar-refractivity contribution is -0.119. The first-order chi connectivity index (χ1) is 11.1. The molecule has 128 valence electrons. The van der Waals surface area contributed by atoms with E-state index in [-0.39, 0.29) is 18.4 Å². The van der Waals surface area contributed by atoms with E-state index in [4.69, 9.17) is 15.2 Å². The molecule has 0 aliphatic heterocycles. The Kier molecular flexibility index (Phi) is 8.34. The van der Waals surface area contributed by atoms with Crippen LogP contribution in [-0.2, 0) is 11.2 Å². The zero-order chi connectivity index (χ0) is 17.1. The molecule has 0 aliphatic carbocycles. The molecule has 0 bridgehead atoms. The fourth-order valence-corrected chi connectivity index (χ4v) is 1.90. The van der Waals surface area contributed by atoms with Gasteiger partial charge in [0, 0.05) is 13.1 Å². The Balaban J connectivity index is 2.39. The van der Waals surface area contributed by atoms with E-state index in [1.807, 2.05) is 25.1 Å². The lowest BCUT2D eigenvalue weighted by Gasteiger charge is -2.10. The summed E-state index contributed by atoms with van der Waals surface area (Å²) in [7, 11) is 3.21. The van der Waals surface area contributed by atoms with Gasteiger partial charge in [0.1, 0.15) is 6.54 Å². The zero-order valence-electron chi connectivity index (χ0n) is 14.0. The predicted octanol–water partition coefficient (Wildman–Crippen LogP) is 0.677. The van der Waals surface area contributed by atoms with E-state index in [1.54, 1.807) is 14.2 Å². The maximum atomic E-state index is 11.4. The summed E-state index contributed by atoms with van der Waals surface area (Å²) in [4.78, 5) is 15.4. The van der Waals surface area contributed by atoms with Crippen molar-refractivity contribution in [1.29, 1.82) is 0 Å². The van der Waals surface area contributed by atoms with Crippen LogP contribution in [0.4, 0.5) is 0 Å². The molecule has 1 rings (SSSR count). The van der Waals surface area contributed by atoms with Gasteiger partial charge in [-0.2, -0.15) is 0 Å². The van der Waals surface area contributed by atoms with Gasteiger partial charge in [-0.05, 0) is 30.5 Å². The molecule has 0 aliphatic rings. The van der Waals surface area contributed by atoms with E-state index >= 15 is 0 Å². The number of guanidine groups is 1. The number of nitrogens with two attached hydrogens (primary N) is 1. The number of nitrogens with zero attached hydrogens (tertiary/aromatic N) is 1. The number of amides is 1. The molecule has 0 saturated carbocycles. The number of hydrogen-bond donors (Lipinski definition) is 3. The highest BCUT2D eigenvalue weighted by atomic mass is 16.5. The van der Waals surface area contributed by atoms with Crippen LogP contribution in [0.25, 0.3) is 0 Å². The summed E-state index contributed by atoms with van der Waals surface area (Å²) in [6.07, 6.45) is 1.65. The molecule has 7 nitrogen and oxygen atoms in total. The molecule has 0 heterocycles. The Labute approximate surface area is 137 Å². The molecule has 0 unspecified atom stereocenters. The van der Waals surface area contributed by atoms with E-state index in [9.17, 15) is 4.79 Å². The van der Waals surface area contributed by atoms with E-state index < -0.39 is 0 Å². The molecule has 0 saturated heterocycles. The minimum absolute atomic E-state index is 0.0369. The lowest BCUT2D eigenvalue weighted by Crippen LogP contribution is -2.35. The van der Waals surface area contributed by atoms with Crippen LogP contribution >= 0.6 is 0 Å². The zero-order valence-corrected chi connectivity index (χ0v) is 14.0. The van der Waals surface area contributed by atoms with Gasteiger partial charge in [0.2, 0.25) is 5.91 Å².